The molecule has 0 bridgehead atoms. The molecule has 1 aromatic heterocycles. The fourth-order valence-corrected chi connectivity index (χ4v) is 1.04. The number of pyridine rings is 1. The van der Waals surface area contributed by atoms with E-state index in [-0.39, 0.29) is 11.2 Å². The van der Waals surface area contributed by atoms with Crippen molar-refractivity contribution in [3.05, 3.63) is 38.8 Å². The molecule has 0 saturated heterocycles. The number of rotatable bonds is 3. The molecule has 5 nitrogen and oxygen atoms in total. The fourth-order valence-electron chi connectivity index (χ4n) is 1.04. The molecule has 70 valence electrons. The van der Waals surface area contributed by atoms with Crippen LogP contribution in [0, 0.1) is 10.1 Å². The molecular weight excluding hydrogens is 172 g/mol. The minimum atomic E-state index is -0.508. The van der Waals surface area contributed by atoms with E-state index in [1.807, 2.05) is 6.92 Å². The first-order valence-corrected chi connectivity index (χ1v) is 4.00. The average Bonchev–Trinajstić information content (AvgIpc) is 2.08. The molecule has 0 amide bonds. The molecular formula is C8H10N2O3. The molecule has 1 aromatic rings. The number of nitrogens with zero attached hydrogens (tertiary/aromatic N) is 2. The Bertz CT molecular complexity index is 370. The minimum Gasteiger partial charge on any atom is -0.309 e. The van der Waals surface area contributed by atoms with Crippen molar-refractivity contribution in [1.82, 2.24) is 4.57 Å². The standard InChI is InChI=1S/C8H10N2O3/c1-2-5-9-6-7(10(12)13)3-4-8(9)11/h3-4,6H,2,5H2,1H3. The number of hydrogen-bond donors (Lipinski definition) is 0. The van der Waals surface area contributed by atoms with E-state index >= 15 is 0 Å². The van der Waals surface area contributed by atoms with Crippen LogP contribution in [0.1, 0.15) is 13.3 Å². The van der Waals surface area contributed by atoms with Gasteiger partial charge in [-0.05, 0) is 6.42 Å². The molecule has 0 spiro atoms. The predicted molar refractivity (Wildman–Crippen MR) is 47.6 cm³/mol. The molecule has 5 heteroatoms. The summed E-state index contributed by atoms with van der Waals surface area (Å²) < 4.78 is 1.35. The Labute approximate surface area is 74.8 Å². The Morgan fingerprint density at radius 3 is 2.77 bits per heavy atom. The quantitative estimate of drug-likeness (QED) is 0.520. The van der Waals surface area contributed by atoms with Gasteiger partial charge in [0.05, 0.1) is 11.1 Å². The van der Waals surface area contributed by atoms with E-state index in [2.05, 4.69) is 0 Å². The van der Waals surface area contributed by atoms with Crippen LogP contribution in [-0.2, 0) is 6.54 Å². The normalized spacial score (nSPS) is 9.92. The van der Waals surface area contributed by atoms with E-state index in [1.165, 1.54) is 22.9 Å². The van der Waals surface area contributed by atoms with Crippen LogP contribution in [0.4, 0.5) is 5.69 Å². The largest absolute Gasteiger partial charge is 0.309 e. The van der Waals surface area contributed by atoms with Gasteiger partial charge in [0.15, 0.2) is 0 Å². The third-order valence-electron chi connectivity index (χ3n) is 1.64. The van der Waals surface area contributed by atoms with Crippen molar-refractivity contribution in [1.29, 1.82) is 0 Å². The van der Waals surface area contributed by atoms with Gasteiger partial charge in [-0.1, -0.05) is 6.92 Å². The van der Waals surface area contributed by atoms with E-state index < -0.39 is 4.92 Å². The van der Waals surface area contributed by atoms with Crippen LogP contribution in [0.25, 0.3) is 0 Å². The molecule has 0 aliphatic carbocycles. The molecule has 0 N–H and O–H groups in total. The Balaban J connectivity index is 3.11. The summed E-state index contributed by atoms with van der Waals surface area (Å²) in [6, 6.07) is 2.43. The van der Waals surface area contributed by atoms with E-state index in [0.29, 0.717) is 6.54 Å². The summed E-state index contributed by atoms with van der Waals surface area (Å²) in [5, 5.41) is 10.4. The third kappa shape index (κ3) is 2.14. The van der Waals surface area contributed by atoms with Gasteiger partial charge in [-0.3, -0.25) is 14.9 Å². The number of aromatic nitrogens is 1. The maximum atomic E-state index is 11.1. The number of nitro groups is 1. The van der Waals surface area contributed by atoms with Crippen molar-refractivity contribution in [2.24, 2.45) is 0 Å². The molecule has 1 rings (SSSR count). The van der Waals surface area contributed by atoms with Gasteiger partial charge in [0, 0.05) is 18.7 Å². The van der Waals surface area contributed by atoms with Crippen molar-refractivity contribution >= 4 is 5.69 Å². The summed E-state index contributed by atoms with van der Waals surface area (Å²) in [7, 11) is 0. The molecule has 0 atom stereocenters. The lowest BCUT2D eigenvalue weighted by molar-refractivity contribution is -0.385. The zero-order valence-electron chi connectivity index (χ0n) is 7.27. The molecule has 0 saturated carbocycles. The van der Waals surface area contributed by atoms with Crippen molar-refractivity contribution in [3.8, 4) is 0 Å². The molecule has 0 unspecified atom stereocenters. The molecule has 0 aromatic carbocycles. The summed E-state index contributed by atoms with van der Waals surface area (Å²) in [6.07, 6.45) is 2.05. The highest BCUT2D eigenvalue weighted by molar-refractivity contribution is 5.24. The van der Waals surface area contributed by atoms with Crippen molar-refractivity contribution in [3.63, 3.8) is 0 Å². The maximum Gasteiger partial charge on any atom is 0.285 e. The minimum absolute atomic E-state index is 0.0481. The second kappa shape index (κ2) is 3.84. The van der Waals surface area contributed by atoms with Crippen LogP contribution in [-0.4, -0.2) is 9.49 Å². The highest BCUT2D eigenvalue weighted by Gasteiger charge is 2.06. The van der Waals surface area contributed by atoms with Crippen LogP contribution < -0.4 is 5.56 Å². The zero-order valence-corrected chi connectivity index (χ0v) is 7.27. The highest BCUT2D eigenvalue weighted by atomic mass is 16.6. The summed E-state index contributed by atoms with van der Waals surface area (Å²) in [4.78, 5) is 21.0. The van der Waals surface area contributed by atoms with Crippen molar-refractivity contribution in [2.45, 2.75) is 19.9 Å². The van der Waals surface area contributed by atoms with Crippen LogP contribution in [0.3, 0.4) is 0 Å². The fraction of sp³-hybridized carbons (Fsp3) is 0.375. The first-order valence-electron chi connectivity index (χ1n) is 4.00. The van der Waals surface area contributed by atoms with Crippen molar-refractivity contribution < 1.29 is 4.92 Å². The topological polar surface area (TPSA) is 65.1 Å². The SMILES string of the molecule is CCCn1cc([N+](=O)[O-])ccc1=O. The first kappa shape index (κ1) is 9.44. The summed E-state index contributed by atoms with van der Waals surface area (Å²) in [5.41, 5.74) is -0.250. The van der Waals surface area contributed by atoms with Gasteiger partial charge in [-0.15, -0.1) is 0 Å². The Morgan fingerprint density at radius 1 is 1.54 bits per heavy atom. The molecule has 1 heterocycles. The van der Waals surface area contributed by atoms with Gasteiger partial charge in [0.2, 0.25) is 0 Å². The molecule has 13 heavy (non-hydrogen) atoms. The Morgan fingerprint density at radius 2 is 2.23 bits per heavy atom. The predicted octanol–water partition coefficient (Wildman–Crippen LogP) is 1.17. The third-order valence-corrected chi connectivity index (χ3v) is 1.64. The Hall–Kier alpha value is -1.65. The van der Waals surface area contributed by atoms with Crippen LogP contribution in [0.15, 0.2) is 23.1 Å². The molecule has 0 radical (unpaired) electrons. The summed E-state index contributed by atoms with van der Waals surface area (Å²) in [5.74, 6) is 0. The first-order chi connectivity index (χ1) is 6.15. The lowest BCUT2D eigenvalue weighted by atomic mass is 10.4. The van der Waals surface area contributed by atoms with E-state index in [0.717, 1.165) is 6.42 Å². The van der Waals surface area contributed by atoms with E-state index in [1.54, 1.807) is 0 Å². The second-order valence-corrected chi connectivity index (χ2v) is 2.68. The molecule has 0 aliphatic rings. The molecule has 0 aliphatic heterocycles. The number of aryl methyl sites for hydroxylation is 1. The molecule has 0 fully saturated rings. The van der Waals surface area contributed by atoms with Crippen LogP contribution >= 0.6 is 0 Å². The smallest absolute Gasteiger partial charge is 0.285 e. The zero-order chi connectivity index (χ0) is 9.84. The van der Waals surface area contributed by atoms with E-state index in [9.17, 15) is 14.9 Å². The lowest BCUT2D eigenvalue weighted by Crippen LogP contribution is -2.18. The van der Waals surface area contributed by atoms with Crippen LogP contribution in [0.5, 0.6) is 0 Å². The highest BCUT2D eigenvalue weighted by Crippen LogP contribution is 2.06. The Kier molecular flexibility index (Phi) is 2.79. The van der Waals surface area contributed by atoms with Gasteiger partial charge < -0.3 is 4.57 Å². The lowest BCUT2D eigenvalue weighted by Gasteiger charge is -2.01. The number of hydrogen-bond acceptors (Lipinski definition) is 3. The van der Waals surface area contributed by atoms with Gasteiger partial charge in [0.25, 0.3) is 11.2 Å². The van der Waals surface area contributed by atoms with Gasteiger partial charge in [-0.2, -0.15) is 0 Å². The second-order valence-electron chi connectivity index (χ2n) is 2.68. The monoisotopic (exact) mass is 182 g/mol. The summed E-state index contributed by atoms with van der Waals surface area (Å²) >= 11 is 0. The average molecular weight is 182 g/mol. The van der Waals surface area contributed by atoms with Crippen molar-refractivity contribution in [2.75, 3.05) is 0 Å². The van der Waals surface area contributed by atoms with Gasteiger partial charge in [0.1, 0.15) is 0 Å². The van der Waals surface area contributed by atoms with Crippen LogP contribution in [0.2, 0.25) is 0 Å². The summed E-state index contributed by atoms with van der Waals surface area (Å²) in [6.45, 7) is 2.42. The van der Waals surface area contributed by atoms with Gasteiger partial charge >= 0.3 is 0 Å². The maximum absolute atomic E-state index is 11.1. The van der Waals surface area contributed by atoms with E-state index in [4.69, 9.17) is 0 Å². The van der Waals surface area contributed by atoms with Gasteiger partial charge in [-0.25, -0.2) is 0 Å².